The summed E-state index contributed by atoms with van der Waals surface area (Å²) < 4.78 is 1.82. The molecule has 5 N–H and O–H groups in total. The fraction of sp³-hybridized carbons (Fsp3) is 0.292. The van der Waals surface area contributed by atoms with E-state index in [9.17, 15) is 5.11 Å². The Hall–Kier alpha value is -3.17. The Kier molecular flexibility index (Phi) is 5.44. The third-order valence-electron chi connectivity index (χ3n) is 5.89. The number of nitrogens with one attached hydrogen (secondary N) is 2. The van der Waals surface area contributed by atoms with Crippen LogP contribution >= 0.6 is 0 Å². The van der Waals surface area contributed by atoms with Gasteiger partial charge in [-0.15, -0.1) is 0 Å². The zero-order chi connectivity index (χ0) is 22.2. The van der Waals surface area contributed by atoms with Gasteiger partial charge in [0, 0.05) is 29.1 Å². The highest BCUT2D eigenvalue weighted by Gasteiger charge is 2.25. The predicted molar refractivity (Wildman–Crippen MR) is 124 cm³/mol. The van der Waals surface area contributed by atoms with E-state index < -0.39 is 0 Å². The van der Waals surface area contributed by atoms with Crippen LogP contribution in [0.15, 0.2) is 54.7 Å². The van der Waals surface area contributed by atoms with E-state index in [1.165, 1.54) is 0 Å². The Morgan fingerprint density at radius 2 is 2.00 bits per heavy atom. The number of aliphatic hydroxyl groups excluding tert-OH is 1. The van der Waals surface area contributed by atoms with Crippen LogP contribution in [0, 0.1) is 0 Å². The van der Waals surface area contributed by atoms with Gasteiger partial charge in [0.2, 0.25) is 0 Å². The summed E-state index contributed by atoms with van der Waals surface area (Å²) >= 11 is 0. The largest absolute Gasteiger partial charge is 0.390 e. The van der Waals surface area contributed by atoms with Crippen LogP contribution in [0.2, 0.25) is 0 Å². The van der Waals surface area contributed by atoms with Crippen LogP contribution in [0.25, 0.3) is 28.0 Å². The van der Waals surface area contributed by atoms with E-state index in [2.05, 4.69) is 40.0 Å². The number of aliphatic hydroxyl groups is 1. The van der Waals surface area contributed by atoms with Crippen LogP contribution in [-0.2, 0) is 6.61 Å². The molecule has 0 spiro atoms. The van der Waals surface area contributed by atoms with Gasteiger partial charge in [0.25, 0.3) is 0 Å². The third kappa shape index (κ3) is 3.78. The van der Waals surface area contributed by atoms with Crippen LogP contribution in [0.3, 0.4) is 0 Å². The fourth-order valence-corrected chi connectivity index (χ4v) is 4.23. The van der Waals surface area contributed by atoms with E-state index in [1.807, 2.05) is 48.1 Å². The molecule has 1 aromatic carbocycles. The Bertz CT molecular complexity index is 1270. The van der Waals surface area contributed by atoms with Gasteiger partial charge in [-0.3, -0.25) is 10.4 Å². The Morgan fingerprint density at radius 1 is 1.16 bits per heavy atom. The van der Waals surface area contributed by atoms with Gasteiger partial charge < -0.3 is 10.8 Å². The minimum Gasteiger partial charge on any atom is -0.390 e. The summed E-state index contributed by atoms with van der Waals surface area (Å²) in [6.07, 6.45) is 2.85. The lowest BCUT2D eigenvalue weighted by atomic mass is 9.95. The molecule has 0 amide bonds. The molecule has 1 aliphatic rings. The van der Waals surface area contributed by atoms with Gasteiger partial charge in [-0.25, -0.2) is 15.1 Å². The average molecular weight is 430 g/mol. The summed E-state index contributed by atoms with van der Waals surface area (Å²) in [5.41, 5.74) is 18.2. The summed E-state index contributed by atoms with van der Waals surface area (Å²) in [4.78, 5) is 9.36. The van der Waals surface area contributed by atoms with Crippen molar-refractivity contribution in [1.29, 1.82) is 0 Å². The molecule has 0 aliphatic carbocycles. The first-order valence-corrected chi connectivity index (χ1v) is 10.9. The molecule has 8 heteroatoms. The second kappa shape index (κ2) is 8.40. The maximum atomic E-state index is 9.52. The minimum atomic E-state index is -0.143. The molecule has 1 saturated heterocycles. The standard InChI is InChI=1S/C24H27N7O/c1-14-9-22(30-29-14)18-10-16(21-7-4-6-20(28-21)15(2)25)11-23-19(18)12-26-31(23)24-8-3-5-17(13-32)27-24/h3-8,10-12,14-15,22,29-30,32H,9,13,25H2,1-2H3/t14?,15-,22?/m0/s1. The molecule has 164 valence electrons. The number of fused-ring (bicyclic) bond motifs is 1. The molecule has 0 bridgehead atoms. The molecule has 3 atom stereocenters. The van der Waals surface area contributed by atoms with Crippen molar-refractivity contribution in [2.24, 2.45) is 5.73 Å². The number of hydrogen-bond acceptors (Lipinski definition) is 7. The molecule has 3 aromatic heterocycles. The maximum absolute atomic E-state index is 9.52. The van der Waals surface area contributed by atoms with Gasteiger partial charge in [-0.2, -0.15) is 5.10 Å². The van der Waals surface area contributed by atoms with Crippen molar-refractivity contribution in [2.75, 3.05) is 0 Å². The monoisotopic (exact) mass is 429 g/mol. The topological polar surface area (TPSA) is 114 Å². The molecule has 4 heterocycles. The molecule has 8 nitrogen and oxygen atoms in total. The number of nitrogens with zero attached hydrogens (tertiary/aromatic N) is 4. The first-order chi connectivity index (χ1) is 15.5. The summed E-state index contributed by atoms with van der Waals surface area (Å²) in [5, 5.41) is 15.2. The molecular formula is C24H27N7O. The Morgan fingerprint density at radius 3 is 2.75 bits per heavy atom. The predicted octanol–water partition coefficient (Wildman–Crippen LogP) is 2.92. The van der Waals surface area contributed by atoms with Gasteiger partial charge in [-0.05, 0) is 62.2 Å². The number of rotatable bonds is 5. The number of pyridine rings is 2. The SMILES string of the molecule is CC1CC(c2cc(-c3cccc([C@H](C)N)n3)cc3c2cnn3-c2cccc(CO)n2)NN1. The zero-order valence-corrected chi connectivity index (χ0v) is 18.2. The summed E-state index contributed by atoms with van der Waals surface area (Å²) in [5.74, 6) is 0.665. The molecule has 5 rings (SSSR count). The fourth-order valence-electron chi connectivity index (χ4n) is 4.23. The van der Waals surface area contributed by atoms with Crippen LogP contribution < -0.4 is 16.6 Å². The Labute approximate surface area is 186 Å². The van der Waals surface area contributed by atoms with Gasteiger partial charge in [-0.1, -0.05) is 12.1 Å². The highest BCUT2D eigenvalue weighted by atomic mass is 16.3. The number of benzene rings is 1. The molecular weight excluding hydrogens is 402 g/mol. The van der Waals surface area contributed by atoms with E-state index >= 15 is 0 Å². The Balaban J connectivity index is 1.71. The molecule has 0 radical (unpaired) electrons. The van der Waals surface area contributed by atoms with Crippen molar-refractivity contribution in [2.45, 2.75) is 45.0 Å². The van der Waals surface area contributed by atoms with Crippen molar-refractivity contribution < 1.29 is 5.11 Å². The summed E-state index contributed by atoms with van der Waals surface area (Å²) in [6.45, 7) is 3.98. The lowest BCUT2D eigenvalue weighted by Gasteiger charge is -2.15. The van der Waals surface area contributed by atoms with Crippen LogP contribution in [0.1, 0.15) is 49.3 Å². The lowest BCUT2D eigenvalue weighted by Crippen LogP contribution is -2.28. The van der Waals surface area contributed by atoms with E-state index in [1.54, 1.807) is 6.07 Å². The van der Waals surface area contributed by atoms with Crippen molar-refractivity contribution in [3.8, 4) is 17.1 Å². The second-order valence-corrected chi connectivity index (χ2v) is 8.41. The number of aromatic nitrogens is 4. The molecule has 4 aromatic rings. The van der Waals surface area contributed by atoms with E-state index in [-0.39, 0.29) is 18.7 Å². The minimum absolute atomic E-state index is 0.118. The molecule has 32 heavy (non-hydrogen) atoms. The third-order valence-corrected chi connectivity index (χ3v) is 5.89. The molecule has 1 fully saturated rings. The highest BCUT2D eigenvalue weighted by Crippen LogP contribution is 2.34. The van der Waals surface area contributed by atoms with E-state index in [4.69, 9.17) is 10.7 Å². The molecule has 2 unspecified atom stereocenters. The highest BCUT2D eigenvalue weighted by molar-refractivity contribution is 5.88. The van der Waals surface area contributed by atoms with E-state index in [0.717, 1.165) is 39.8 Å². The first kappa shape index (κ1) is 20.7. The molecule has 0 saturated carbocycles. The van der Waals surface area contributed by atoms with Crippen molar-refractivity contribution in [1.82, 2.24) is 30.6 Å². The summed E-state index contributed by atoms with van der Waals surface area (Å²) in [6, 6.07) is 16.2. The van der Waals surface area contributed by atoms with Crippen molar-refractivity contribution in [3.63, 3.8) is 0 Å². The lowest BCUT2D eigenvalue weighted by molar-refractivity contribution is 0.276. The van der Waals surface area contributed by atoms with Crippen LogP contribution in [0.4, 0.5) is 0 Å². The van der Waals surface area contributed by atoms with Crippen molar-refractivity contribution in [3.05, 3.63) is 71.7 Å². The normalized spacial score (nSPS) is 19.5. The van der Waals surface area contributed by atoms with Crippen LogP contribution in [-0.4, -0.2) is 30.9 Å². The number of hydrazine groups is 1. The first-order valence-electron chi connectivity index (χ1n) is 10.9. The van der Waals surface area contributed by atoms with Crippen molar-refractivity contribution >= 4 is 10.9 Å². The number of hydrogen-bond donors (Lipinski definition) is 4. The maximum Gasteiger partial charge on any atom is 0.154 e. The number of nitrogens with two attached hydrogens (primary N) is 1. The molecule has 1 aliphatic heterocycles. The second-order valence-electron chi connectivity index (χ2n) is 8.41. The average Bonchev–Trinajstić information content (AvgIpc) is 3.45. The van der Waals surface area contributed by atoms with Gasteiger partial charge in [0.1, 0.15) is 0 Å². The smallest absolute Gasteiger partial charge is 0.154 e. The van der Waals surface area contributed by atoms with Gasteiger partial charge >= 0.3 is 0 Å². The van der Waals surface area contributed by atoms with Gasteiger partial charge in [0.15, 0.2) is 5.82 Å². The summed E-state index contributed by atoms with van der Waals surface area (Å²) in [7, 11) is 0. The zero-order valence-electron chi connectivity index (χ0n) is 18.2. The van der Waals surface area contributed by atoms with E-state index in [0.29, 0.717) is 17.6 Å². The quantitative estimate of drug-likeness (QED) is 0.386. The van der Waals surface area contributed by atoms with Gasteiger partial charge in [0.05, 0.1) is 35.4 Å². The van der Waals surface area contributed by atoms with Crippen LogP contribution in [0.5, 0.6) is 0 Å².